The monoisotopic (exact) mass is 387 g/mol. The average Bonchev–Trinajstić information content (AvgIpc) is 3.33. The van der Waals surface area contributed by atoms with E-state index in [9.17, 15) is 19.8 Å². The van der Waals surface area contributed by atoms with Gasteiger partial charge in [0.15, 0.2) is 5.60 Å². The van der Waals surface area contributed by atoms with Gasteiger partial charge in [-0.15, -0.1) is 0 Å². The summed E-state index contributed by atoms with van der Waals surface area (Å²) >= 11 is 0. The third-order valence-corrected chi connectivity index (χ3v) is 5.30. The Bertz CT molecular complexity index is 856. The quantitative estimate of drug-likeness (QED) is 0.674. The molecule has 0 spiro atoms. The molecule has 1 aromatic carbocycles. The molecule has 1 saturated heterocycles. The molecule has 7 nitrogen and oxygen atoms in total. The predicted octanol–water partition coefficient (Wildman–Crippen LogP) is 2.84. The van der Waals surface area contributed by atoms with Crippen LogP contribution in [0.25, 0.3) is 0 Å². The standard InChI is InChI=1S/C21H25NO6/c1-12(2)19(24)13-4-6-14(7-5-13)21(27-3,16-9-11-18(23)22-16)17-10-8-15(28-17)20(25)26/h4-8,10,12,16,19,24H,9,11H2,1-3H3,(H,22,23)(H,25,26)/t16?,19?,21-/m1/s1. The summed E-state index contributed by atoms with van der Waals surface area (Å²) in [5, 5.41) is 22.5. The molecule has 150 valence electrons. The topological polar surface area (TPSA) is 109 Å². The van der Waals surface area contributed by atoms with Gasteiger partial charge in [-0.1, -0.05) is 38.1 Å². The number of nitrogens with one attached hydrogen (secondary N) is 1. The first kappa shape index (κ1) is 20.1. The second-order valence-electron chi connectivity index (χ2n) is 7.38. The number of benzene rings is 1. The van der Waals surface area contributed by atoms with Gasteiger partial charge in [-0.25, -0.2) is 4.79 Å². The summed E-state index contributed by atoms with van der Waals surface area (Å²) in [6, 6.07) is 9.78. The van der Waals surface area contributed by atoms with Crippen LogP contribution in [0.2, 0.25) is 0 Å². The number of hydrogen-bond acceptors (Lipinski definition) is 5. The highest BCUT2D eigenvalue weighted by atomic mass is 16.5. The van der Waals surface area contributed by atoms with Gasteiger partial charge in [0.2, 0.25) is 11.7 Å². The number of carboxylic acid groups (broad SMARTS) is 1. The molecule has 3 rings (SSSR count). The highest BCUT2D eigenvalue weighted by Gasteiger charge is 2.48. The van der Waals surface area contributed by atoms with Crippen LogP contribution in [0.3, 0.4) is 0 Å². The number of methoxy groups -OCH3 is 1. The van der Waals surface area contributed by atoms with Crippen LogP contribution in [0.4, 0.5) is 0 Å². The highest BCUT2D eigenvalue weighted by Crippen LogP contribution is 2.41. The Hall–Kier alpha value is -2.64. The van der Waals surface area contributed by atoms with Gasteiger partial charge in [0, 0.05) is 13.5 Å². The Balaban J connectivity index is 2.10. The zero-order valence-electron chi connectivity index (χ0n) is 16.1. The first-order valence-corrected chi connectivity index (χ1v) is 9.26. The van der Waals surface area contributed by atoms with Crippen LogP contribution in [0.5, 0.6) is 0 Å². The van der Waals surface area contributed by atoms with Gasteiger partial charge in [-0.2, -0.15) is 0 Å². The lowest BCUT2D eigenvalue weighted by atomic mass is 9.82. The van der Waals surface area contributed by atoms with E-state index in [0.29, 0.717) is 24.2 Å². The molecule has 3 N–H and O–H groups in total. The number of carbonyl (C=O) groups excluding carboxylic acids is 1. The third-order valence-electron chi connectivity index (χ3n) is 5.30. The number of aromatic carboxylic acids is 1. The van der Waals surface area contributed by atoms with Crippen LogP contribution in [-0.4, -0.2) is 35.2 Å². The van der Waals surface area contributed by atoms with E-state index >= 15 is 0 Å². The van der Waals surface area contributed by atoms with E-state index in [2.05, 4.69) is 5.32 Å². The van der Waals surface area contributed by atoms with E-state index < -0.39 is 23.7 Å². The first-order chi connectivity index (χ1) is 13.3. The third kappa shape index (κ3) is 3.43. The fourth-order valence-corrected chi connectivity index (χ4v) is 3.76. The predicted molar refractivity (Wildman–Crippen MR) is 101 cm³/mol. The van der Waals surface area contributed by atoms with Gasteiger partial charge in [-0.3, -0.25) is 4.79 Å². The zero-order valence-corrected chi connectivity index (χ0v) is 16.1. The van der Waals surface area contributed by atoms with E-state index in [-0.39, 0.29) is 17.6 Å². The second-order valence-corrected chi connectivity index (χ2v) is 7.38. The molecule has 0 aliphatic carbocycles. The number of carbonyl (C=O) groups is 2. The van der Waals surface area contributed by atoms with Crippen LogP contribution < -0.4 is 5.32 Å². The molecule has 7 heteroatoms. The lowest BCUT2D eigenvalue weighted by Gasteiger charge is -2.36. The number of aliphatic hydroxyl groups is 1. The van der Waals surface area contributed by atoms with Crippen molar-refractivity contribution < 1.29 is 29.0 Å². The average molecular weight is 387 g/mol. The van der Waals surface area contributed by atoms with E-state index in [1.54, 1.807) is 6.07 Å². The molecule has 3 atom stereocenters. The number of carboxylic acids is 1. The Labute approximate surface area is 163 Å². The summed E-state index contributed by atoms with van der Waals surface area (Å²) in [6.07, 6.45) is 0.276. The van der Waals surface area contributed by atoms with Crippen molar-refractivity contribution in [2.75, 3.05) is 7.11 Å². The van der Waals surface area contributed by atoms with Crippen molar-refractivity contribution >= 4 is 11.9 Å². The Morgan fingerprint density at radius 1 is 1.25 bits per heavy atom. The number of furan rings is 1. The number of ether oxygens (including phenoxy) is 1. The molecule has 2 aromatic rings. The first-order valence-electron chi connectivity index (χ1n) is 9.26. The van der Waals surface area contributed by atoms with Gasteiger partial charge in [-0.05, 0) is 35.6 Å². The minimum Gasteiger partial charge on any atom is -0.475 e. The second kappa shape index (κ2) is 7.77. The minimum atomic E-state index is -1.18. The Morgan fingerprint density at radius 3 is 2.39 bits per heavy atom. The maximum Gasteiger partial charge on any atom is 0.371 e. The van der Waals surface area contributed by atoms with Crippen molar-refractivity contribution in [3.05, 3.63) is 59.0 Å². The molecule has 0 saturated carbocycles. The van der Waals surface area contributed by atoms with E-state index in [4.69, 9.17) is 9.15 Å². The van der Waals surface area contributed by atoms with Crippen molar-refractivity contribution in [1.29, 1.82) is 0 Å². The van der Waals surface area contributed by atoms with Crippen molar-refractivity contribution in [2.24, 2.45) is 5.92 Å². The van der Waals surface area contributed by atoms with Crippen molar-refractivity contribution in [3.63, 3.8) is 0 Å². The van der Waals surface area contributed by atoms with E-state index in [1.807, 2.05) is 38.1 Å². The molecule has 1 amide bonds. The molecule has 28 heavy (non-hydrogen) atoms. The number of amides is 1. The fourth-order valence-electron chi connectivity index (χ4n) is 3.76. The molecule has 0 bridgehead atoms. The van der Waals surface area contributed by atoms with Gasteiger partial charge in [0.1, 0.15) is 5.76 Å². The zero-order chi connectivity index (χ0) is 20.5. The molecule has 2 unspecified atom stereocenters. The minimum absolute atomic E-state index is 0.0651. The number of hydrogen-bond donors (Lipinski definition) is 3. The van der Waals surface area contributed by atoms with Crippen molar-refractivity contribution in [3.8, 4) is 0 Å². The summed E-state index contributed by atoms with van der Waals surface area (Å²) in [5.41, 5.74) is 0.291. The van der Waals surface area contributed by atoms with E-state index in [1.165, 1.54) is 13.2 Å². The summed E-state index contributed by atoms with van der Waals surface area (Å²) in [4.78, 5) is 23.2. The lowest BCUT2D eigenvalue weighted by molar-refractivity contribution is -0.120. The van der Waals surface area contributed by atoms with Gasteiger partial charge in [0.25, 0.3) is 0 Å². The normalized spacial score (nSPS) is 20.0. The summed E-state index contributed by atoms with van der Waals surface area (Å²) < 4.78 is 11.5. The van der Waals surface area contributed by atoms with Gasteiger partial charge >= 0.3 is 5.97 Å². The van der Waals surface area contributed by atoms with Crippen LogP contribution in [0.15, 0.2) is 40.8 Å². The van der Waals surface area contributed by atoms with Crippen molar-refractivity contribution in [1.82, 2.24) is 5.32 Å². The fraction of sp³-hybridized carbons (Fsp3) is 0.429. The van der Waals surface area contributed by atoms with Gasteiger partial charge < -0.3 is 24.7 Å². The molecule has 1 aromatic heterocycles. The number of aliphatic hydroxyl groups excluding tert-OH is 1. The SMILES string of the molecule is CO[C@@](c1ccc(C(O)C(C)C)cc1)(c1ccc(C(=O)O)o1)C1CCC(=O)N1. The molecule has 1 aliphatic heterocycles. The van der Waals surface area contributed by atoms with Crippen LogP contribution >= 0.6 is 0 Å². The summed E-state index contributed by atoms with van der Waals surface area (Å²) in [6.45, 7) is 3.87. The maximum absolute atomic E-state index is 11.9. The van der Waals surface area contributed by atoms with Crippen LogP contribution in [0.1, 0.15) is 60.2 Å². The molecule has 1 aliphatic rings. The molecule has 2 heterocycles. The Morgan fingerprint density at radius 2 is 1.93 bits per heavy atom. The molecule has 1 fully saturated rings. The summed E-state index contributed by atoms with van der Waals surface area (Å²) in [7, 11) is 1.50. The van der Waals surface area contributed by atoms with Crippen LogP contribution in [-0.2, 0) is 15.1 Å². The number of rotatable bonds is 7. The summed E-state index contributed by atoms with van der Waals surface area (Å²) in [5.74, 6) is -1.11. The van der Waals surface area contributed by atoms with Crippen LogP contribution in [0, 0.1) is 5.92 Å². The maximum atomic E-state index is 11.9. The largest absolute Gasteiger partial charge is 0.475 e. The smallest absolute Gasteiger partial charge is 0.371 e. The lowest BCUT2D eigenvalue weighted by Crippen LogP contribution is -2.48. The molecular weight excluding hydrogens is 362 g/mol. The molecule has 0 radical (unpaired) electrons. The van der Waals surface area contributed by atoms with Crippen molar-refractivity contribution in [2.45, 2.75) is 44.4 Å². The van der Waals surface area contributed by atoms with Gasteiger partial charge in [0.05, 0.1) is 12.1 Å². The Kier molecular flexibility index (Phi) is 5.58. The highest BCUT2D eigenvalue weighted by molar-refractivity contribution is 5.84. The molecular formula is C21H25NO6. The van der Waals surface area contributed by atoms with E-state index in [0.717, 1.165) is 5.56 Å².